The van der Waals surface area contributed by atoms with Crippen LogP contribution in [0.3, 0.4) is 0 Å². The minimum atomic E-state index is 0.931. The number of rotatable bonds is 4. The van der Waals surface area contributed by atoms with Crippen LogP contribution >= 0.6 is 0 Å². The van der Waals surface area contributed by atoms with Gasteiger partial charge in [0.2, 0.25) is 0 Å². The molecule has 1 aliphatic rings. The summed E-state index contributed by atoms with van der Waals surface area (Å²) in [5, 5.41) is 3.24. The molecule has 3 nitrogen and oxygen atoms in total. The highest BCUT2D eigenvalue weighted by Crippen LogP contribution is 2.12. The summed E-state index contributed by atoms with van der Waals surface area (Å²) < 4.78 is 0. The van der Waals surface area contributed by atoms with E-state index in [1.807, 2.05) is 6.07 Å². The van der Waals surface area contributed by atoms with Gasteiger partial charge < -0.3 is 5.32 Å². The molecule has 0 atom stereocenters. The molecule has 0 amide bonds. The minimum absolute atomic E-state index is 0.931. The van der Waals surface area contributed by atoms with Crippen molar-refractivity contribution in [2.24, 2.45) is 0 Å². The van der Waals surface area contributed by atoms with Gasteiger partial charge in [-0.2, -0.15) is 0 Å². The Bertz CT molecular complexity index is 305. The second-order valence-corrected chi connectivity index (χ2v) is 4.03. The standard InChI is InChI=1S/C12H19N3/c1-2-13-12-7-5-6-11(14-12)10-15-8-3-4-9-15/h5-7H,2-4,8-10H2,1H3,(H,13,14). The Kier molecular flexibility index (Phi) is 3.56. The van der Waals surface area contributed by atoms with Crippen LogP contribution in [0.25, 0.3) is 0 Å². The van der Waals surface area contributed by atoms with Gasteiger partial charge in [0.1, 0.15) is 5.82 Å². The first-order chi connectivity index (χ1) is 7.38. The summed E-state index contributed by atoms with van der Waals surface area (Å²) in [6.45, 7) is 6.48. The number of nitrogens with zero attached hydrogens (tertiary/aromatic N) is 2. The zero-order valence-electron chi connectivity index (χ0n) is 9.37. The van der Waals surface area contributed by atoms with Gasteiger partial charge in [-0.1, -0.05) is 6.07 Å². The van der Waals surface area contributed by atoms with Crippen LogP contribution in [0.5, 0.6) is 0 Å². The van der Waals surface area contributed by atoms with Gasteiger partial charge in [0.15, 0.2) is 0 Å². The lowest BCUT2D eigenvalue weighted by Crippen LogP contribution is -2.19. The molecular formula is C12H19N3. The van der Waals surface area contributed by atoms with Crippen LogP contribution in [0.2, 0.25) is 0 Å². The number of aromatic nitrogens is 1. The number of anilines is 1. The van der Waals surface area contributed by atoms with Crippen LogP contribution in [0.15, 0.2) is 18.2 Å². The smallest absolute Gasteiger partial charge is 0.126 e. The van der Waals surface area contributed by atoms with Gasteiger partial charge in [-0.05, 0) is 45.0 Å². The van der Waals surface area contributed by atoms with Crippen LogP contribution in [0.4, 0.5) is 5.82 Å². The van der Waals surface area contributed by atoms with Crippen molar-refractivity contribution in [2.75, 3.05) is 25.0 Å². The van der Waals surface area contributed by atoms with E-state index in [1.54, 1.807) is 0 Å². The van der Waals surface area contributed by atoms with Crippen molar-refractivity contribution in [3.05, 3.63) is 23.9 Å². The van der Waals surface area contributed by atoms with E-state index in [9.17, 15) is 0 Å². The van der Waals surface area contributed by atoms with Crippen LogP contribution in [0.1, 0.15) is 25.5 Å². The zero-order valence-corrected chi connectivity index (χ0v) is 9.37. The Labute approximate surface area is 91.5 Å². The zero-order chi connectivity index (χ0) is 10.5. The second-order valence-electron chi connectivity index (χ2n) is 4.03. The minimum Gasteiger partial charge on any atom is -0.370 e. The highest BCUT2D eigenvalue weighted by Gasteiger charge is 2.12. The molecule has 0 unspecified atom stereocenters. The largest absolute Gasteiger partial charge is 0.370 e. The summed E-state index contributed by atoms with van der Waals surface area (Å²) in [4.78, 5) is 7.04. The third-order valence-electron chi connectivity index (χ3n) is 2.75. The molecule has 1 saturated heterocycles. The summed E-state index contributed by atoms with van der Waals surface area (Å²) in [7, 11) is 0. The molecule has 2 rings (SSSR count). The molecule has 0 aliphatic carbocycles. The second kappa shape index (κ2) is 5.12. The number of hydrogen-bond acceptors (Lipinski definition) is 3. The van der Waals surface area contributed by atoms with Crippen LogP contribution in [-0.2, 0) is 6.54 Å². The SMILES string of the molecule is CCNc1cccc(CN2CCCC2)n1. The molecule has 0 saturated carbocycles. The summed E-state index contributed by atoms with van der Waals surface area (Å²) in [5.41, 5.74) is 1.18. The Morgan fingerprint density at radius 1 is 1.33 bits per heavy atom. The number of nitrogens with one attached hydrogen (secondary N) is 1. The average Bonchev–Trinajstić information content (AvgIpc) is 2.71. The van der Waals surface area contributed by atoms with E-state index < -0.39 is 0 Å². The Balaban J connectivity index is 1.97. The lowest BCUT2D eigenvalue weighted by molar-refractivity contribution is 0.327. The van der Waals surface area contributed by atoms with Crippen molar-refractivity contribution in [2.45, 2.75) is 26.3 Å². The van der Waals surface area contributed by atoms with Crippen molar-refractivity contribution in [1.82, 2.24) is 9.88 Å². The van der Waals surface area contributed by atoms with Crippen LogP contribution in [-0.4, -0.2) is 29.5 Å². The quantitative estimate of drug-likeness (QED) is 0.816. The molecule has 0 aromatic carbocycles. The molecule has 1 N–H and O–H groups in total. The lowest BCUT2D eigenvalue weighted by atomic mass is 10.3. The molecule has 15 heavy (non-hydrogen) atoms. The summed E-state index contributed by atoms with van der Waals surface area (Å²) in [5.74, 6) is 0.995. The van der Waals surface area contributed by atoms with Gasteiger partial charge >= 0.3 is 0 Å². The molecule has 1 aliphatic heterocycles. The first-order valence-electron chi connectivity index (χ1n) is 5.80. The van der Waals surface area contributed by atoms with Gasteiger partial charge in [-0.25, -0.2) is 4.98 Å². The van der Waals surface area contributed by atoms with Gasteiger partial charge in [0, 0.05) is 13.1 Å². The Morgan fingerprint density at radius 2 is 2.13 bits per heavy atom. The fraction of sp³-hybridized carbons (Fsp3) is 0.583. The molecule has 2 heterocycles. The predicted octanol–water partition coefficient (Wildman–Crippen LogP) is 2.11. The topological polar surface area (TPSA) is 28.2 Å². The van der Waals surface area contributed by atoms with E-state index in [2.05, 4.69) is 34.3 Å². The average molecular weight is 205 g/mol. The van der Waals surface area contributed by atoms with Crippen molar-refractivity contribution in [3.63, 3.8) is 0 Å². The number of hydrogen-bond donors (Lipinski definition) is 1. The fourth-order valence-electron chi connectivity index (χ4n) is 2.02. The maximum Gasteiger partial charge on any atom is 0.126 e. The normalized spacial score (nSPS) is 16.9. The van der Waals surface area contributed by atoms with Gasteiger partial charge in [-0.15, -0.1) is 0 Å². The molecule has 0 bridgehead atoms. The molecule has 3 heteroatoms. The maximum atomic E-state index is 4.57. The van der Waals surface area contributed by atoms with Crippen molar-refractivity contribution in [3.8, 4) is 0 Å². The highest BCUT2D eigenvalue weighted by atomic mass is 15.1. The summed E-state index contributed by atoms with van der Waals surface area (Å²) in [6.07, 6.45) is 2.68. The number of pyridine rings is 1. The summed E-state index contributed by atoms with van der Waals surface area (Å²) >= 11 is 0. The molecule has 82 valence electrons. The molecule has 1 aromatic rings. The first kappa shape index (κ1) is 10.4. The van der Waals surface area contributed by atoms with E-state index in [0.29, 0.717) is 0 Å². The molecular weight excluding hydrogens is 186 g/mol. The third-order valence-corrected chi connectivity index (χ3v) is 2.75. The van der Waals surface area contributed by atoms with Crippen LogP contribution in [0, 0.1) is 0 Å². The maximum absolute atomic E-state index is 4.57. The van der Waals surface area contributed by atoms with E-state index in [4.69, 9.17) is 0 Å². The van der Waals surface area contributed by atoms with Crippen molar-refractivity contribution in [1.29, 1.82) is 0 Å². The van der Waals surface area contributed by atoms with Crippen molar-refractivity contribution >= 4 is 5.82 Å². The van der Waals surface area contributed by atoms with E-state index >= 15 is 0 Å². The van der Waals surface area contributed by atoms with Gasteiger partial charge in [-0.3, -0.25) is 4.90 Å². The van der Waals surface area contributed by atoms with E-state index in [0.717, 1.165) is 18.9 Å². The van der Waals surface area contributed by atoms with E-state index in [1.165, 1.54) is 31.6 Å². The van der Waals surface area contributed by atoms with E-state index in [-0.39, 0.29) is 0 Å². The monoisotopic (exact) mass is 205 g/mol. The molecule has 1 fully saturated rings. The first-order valence-corrected chi connectivity index (χ1v) is 5.80. The summed E-state index contributed by atoms with van der Waals surface area (Å²) in [6, 6.07) is 6.21. The van der Waals surface area contributed by atoms with Gasteiger partial charge in [0.05, 0.1) is 5.69 Å². The fourth-order valence-corrected chi connectivity index (χ4v) is 2.02. The molecule has 1 aromatic heterocycles. The number of likely N-dealkylation sites (tertiary alicyclic amines) is 1. The predicted molar refractivity (Wildman–Crippen MR) is 62.9 cm³/mol. The molecule has 0 spiro atoms. The van der Waals surface area contributed by atoms with Gasteiger partial charge in [0.25, 0.3) is 0 Å². The van der Waals surface area contributed by atoms with Crippen molar-refractivity contribution < 1.29 is 0 Å². The Hall–Kier alpha value is -1.09. The Morgan fingerprint density at radius 3 is 2.87 bits per heavy atom. The lowest BCUT2D eigenvalue weighted by Gasteiger charge is -2.14. The third kappa shape index (κ3) is 2.93. The molecule has 0 radical (unpaired) electrons. The van der Waals surface area contributed by atoms with Crippen LogP contribution < -0.4 is 5.32 Å². The highest BCUT2D eigenvalue weighted by molar-refractivity contribution is 5.34.